The Bertz CT molecular complexity index is 229. The zero-order valence-corrected chi connectivity index (χ0v) is 12.5. The van der Waals surface area contributed by atoms with Gasteiger partial charge in [0.1, 0.15) is 0 Å². The summed E-state index contributed by atoms with van der Waals surface area (Å²) < 4.78 is 16.7. The van der Waals surface area contributed by atoms with Crippen LogP contribution >= 0.6 is 0 Å². The molecule has 1 aliphatic heterocycles. The van der Waals surface area contributed by atoms with Gasteiger partial charge in [-0.3, -0.25) is 9.13 Å². The second-order valence-corrected chi connectivity index (χ2v) is 8.06. The SMILES string of the molecule is CCN(CC)[Si]1(OC)OCCN1C(C)(C)C. The summed E-state index contributed by atoms with van der Waals surface area (Å²) in [7, 11) is -0.548. The van der Waals surface area contributed by atoms with Crippen molar-refractivity contribution in [3.63, 3.8) is 0 Å². The summed E-state index contributed by atoms with van der Waals surface area (Å²) in [6, 6.07) is 0. The minimum Gasteiger partial charge on any atom is -0.374 e. The van der Waals surface area contributed by atoms with Gasteiger partial charge in [-0.05, 0) is 33.9 Å². The lowest BCUT2D eigenvalue weighted by molar-refractivity contribution is 0.108. The van der Waals surface area contributed by atoms with Gasteiger partial charge < -0.3 is 8.85 Å². The summed E-state index contributed by atoms with van der Waals surface area (Å²) in [5.74, 6) is 0. The van der Waals surface area contributed by atoms with Crippen molar-refractivity contribution in [1.29, 1.82) is 0 Å². The Morgan fingerprint density at radius 3 is 2.25 bits per heavy atom. The van der Waals surface area contributed by atoms with Gasteiger partial charge in [-0.15, -0.1) is 0 Å². The molecule has 0 aromatic rings. The van der Waals surface area contributed by atoms with E-state index < -0.39 is 8.88 Å². The van der Waals surface area contributed by atoms with Gasteiger partial charge in [0.25, 0.3) is 0 Å². The minimum absolute atomic E-state index is 0.0985. The molecule has 0 aromatic heterocycles. The van der Waals surface area contributed by atoms with Crippen LogP contribution in [0.15, 0.2) is 0 Å². The fourth-order valence-corrected chi connectivity index (χ4v) is 6.09. The molecule has 0 aliphatic carbocycles. The lowest BCUT2D eigenvalue weighted by atomic mass is 10.1. The highest BCUT2D eigenvalue weighted by Gasteiger charge is 2.57. The summed E-state index contributed by atoms with van der Waals surface area (Å²) in [6.45, 7) is 14.7. The molecule has 1 atom stereocenters. The van der Waals surface area contributed by atoms with Crippen LogP contribution in [-0.4, -0.2) is 56.9 Å². The van der Waals surface area contributed by atoms with E-state index in [1.165, 1.54) is 0 Å². The minimum atomic E-state index is -2.33. The molecule has 1 heterocycles. The third kappa shape index (κ3) is 2.33. The third-order valence-corrected chi connectivity index (χ3v) is 7.31. The van der Waals surface area contributed by atoms with E-state index in [0.29, 0.717) is 0 Å². The normalized spacial score (nSPS) is 27.9. The average molecular weight is 246 g/mol. The van der Waals surface area contributed by atoms with Crippen molar-refractivity contribution in [2.24, 2.45) is 0 Å². The summed E-state index contributed by atoms with van der Waals surface area (Å²) in [4.78, 5) is 0. The smallest absolute Gasteiger partial charge is 0.374 e. The summed E-state index contributed by atoms with van der Waals surface area (Å²) in [6.07, 6.45) is 0. The molecule has 0 radical (unpaired) electrons. The third-order valence-electron chi connectivity index (χ3n) is 3.18. The topological polar surface area (TPSA) is 24.9 Å². The first-order valence-corrected chi connectivity index (χ1v) is 7.85. The van der Waals surface area contributed by atoms with Gasteiger partial charge in [0.2, 0.25) is 0 Å². The van der Waals surface area contributed by atoms with Crippen LogP contribution in [0.3, 0.4) is 0 Å². The van der Waals surface area contributed by atoms with Crippen LogP contribution in [0, 0.1) is 0 Å². The van der Waals surface area contributed by atoms with Crippen molar-refractivity contribution < 1.29 is 8.85 Å². The van der Waals surface area contributed by atoms with E-state index in [1.54, 1.807) is 7.11 Å². The van der Waals surface area contributed by atoms with Crippen LogP contribution in [-0.2, 0) is 8.85 Å². The Kier molecular flexibility index (Phi) is 4.54. The fourth-order valence-electron chi connectivity index (χ4n) is 2.43. The van der Waals surface area contributed by atoms with E-state index in [1.807, 2.05) is 0 Å². The second kappa shape index (κ2) is 5.14. The predicted octanol–water partition coefficient (Wildman–Crippen LogP) is 1.54. The van der Waals surface area contributed by atoms with Gasteiger partial charge in [0.15, 0.2) is 0 Å². The van der Waals surface area contributed by atoms with Crippen molar-refractivity contribution in [2.45, 2.75) is 40.2 Å². The highest BCUT2D eigenvalue weighted by atomic mass is 28.4. The van der Waals surface area contributed by atoms with E-state index in [4.69, 9.17) is 8.85 Å². The van der Waals surface area contributed by atoms with Crippen LogP contribution in [0.4, 0.5) is 0 Å². The molecule has 16 heavy (non-hydrogen) atoms. The Morgan fingerprint density at radius 1 is 1.31 bits per heavy atom. The van der Waals surface area contributed by atoms with Crippen molar-refractivity contribution >= 4 is 8.88 Å². The molecule has 1 saturated heterocycles. The number of hydrogen-bond acceptors (Lipinski definition) is 4. The zero-order valence-electron chi connectivity index (χ0n) is 11.5. The molecule has 0 N–H and O–H groups in total. The first-order chi connectivity index (χ1) is 7.42. The Balaban J connectivity index is 3.01. The number of nitrogens with zero attached hydrogens (tertiary/aromatic N) is 2. The fraction of sp³-hybridized carbons (Fsp3) is 1.00. The van der Waals surface area contributed by atoms with E-state index >= 15 is 0 Å². The average Bonchev–Trinajstić information content (AvgIpc) is 2.64. The predicted molar refractivity (Wildman–Crippen MR) is 68.1 cm³/mol. The van der Waals surface area contributed by atoms with Crippen LogP contribution < -0.4 is 0 Å². The van der Waals surface area contributed by atoms with E-state index in [0.717, 1.165) is 26.2 Å². The number of hydrogen-bond donors (Lipinski definition) is 0. The second-order valence-electron chi connectivity index (χ2n) is 5.10. The molecule has 1 unspecified atom stereocenters. The summed E-state index contributed by atoms with van der Waals surface area (Å²) in [5.41, 5.74) is 0.0985. The molecule has 1 rings (SSSR count). The van der Waals surface area contributed by atoms with E-state index in [2.05, 4.69) is 43.7 Å². The number of rotatable bonds is 4. The molecule has 0 saturated carbocycles. The van der Waals surface area contributed by atoms with Gasteiger partial charge in [-0.2, -0.15) is 0 Å². The molecular weight excluding hydrogens is 220 g/mol. The van der Waals surface area contributed by atoms with E-state index in [9.17, 15) is 0 Å². The first kappa shape index (κ1) is 14.1. The summed E-state index contributed by atoms with van der Waals surface area (Å²) >= 11 is 0. The maximum Gasteiger partial charge on any atom is 0.522 e. The van der Waals surface area contributed by atoms with Crippen LogP contribution in [0.1, 0.15) is 34.6 Å². The highest BCUT2D eigenvalue weighted by Crippen LogP contribution is 2.30. The Morgan fingerprint density at radius 2 is 1.88 bits per heavy atom. The molecule has 96 valence electrons. The molecular formula is C11H26N2O2Si. The summed E-state index contributed by atoms with van der Waals surface area (Å²) in [5, 5.41) is 0. The van der Waals surface area contributed by atoms with Crippen molar-refractivity contribution in [2.75, 3.05) is 33.4 Å². The highest BCUT2D eigenvalue weighted by molar-refractivity contribution is 6.62. The molecule has 0 spiro atoms. The standard InChI is InChI=1S/C11H26N2O2Si/c1-7-12(8-2)16(14-6)13(9-10-15-16)11(3,4)5/h7-10H2,1-6H3. The van der Waals surface area contributed by atoms with Crippen molar-refractivity contribution in [3.8, 4) is 0 Å². The largest absolute Gasteiger partial charge is 0.522 e. The maximum absolute atomic E-state index is 6.04. The molecule has 5 heteroatoms. The first-order valence-electron chi connectivity index (χ1n) is 6.14. The molecule has 0 amide bonds. The van der Waals surface area contributed by atoms with Crippen molar-refractivity contribution in [3.05, 3.63) is 0 Å². The Labute approximate surface area is 101 Å². The molecule has 4 nitrogen and oxygen atoms in total. The van der Waals surface area contributed by atoms with Crippen molar-refractivity contribution in [1.82, 2.24) is 9.13 Å². The maximum atomic E-state index is 6.04. The van der Waals surface area contributed by atoms with Crippen LogP contribution in [0.25, 0.3) is 0 Å². The monoisotopic (exact) mass is 246 g/mol. The quantitative estimate of drug-likeness (QED) is 0.703. The van der Waals surface area contributed by atoms with Gasteiger partial charge in [0, 0.05) is 19.2 Å². The van der Waals surface area contributed by atoms with Crippen LogP contribution in [0.5, 0.6) is 0 Å². The van der Waals surface area contributed by atoms with Gasteiger partial charge in [0.05, 0.1) is 6.61 Å². The zero-order chi connectivity index (χ0) is 12.4. The Hall–Kier alpha value is 0.0569. The van der Waals surface area contributed by atoms with E-state index in [-0.39, 0.29) is 5.54 Å². The van der Waals surface area contributed by atoms with Gasteiger partial charge >= 0.3 is 8.88 Å². The lowest BCUT2D eigenvalue weighted by Gasteiger charge is -2.45. The lowest BCUT2D eigenvalue weighted by Crippen LogP contribution is -2.69. The molecule has 0 aromatic carbocycles. The molecule has 1 aliphatic rings. The molecule has 0 bridgehead atoms. The van der Waals surface area contributed by atoms with Crippen LogP contribution in [0.2, 0.25) is 0 Å². The molecule has 1 fully saturated rings. The van der Waals surface area contributed by atoms with Gasteiger partial charge in [-0.1, -0.05) is 13.8 Å². The van der Waals surface area contributed by atoms with Gasteiger partial charge in [-0.25, -0.2) is 0 Å².